The van der Waals surface area contributed by atoms with Crippen LogP contribution in [0.15, 0.2) is 22.7 Å². The highest BCUT2D eigenvalue weighted by molar-refractivity contribution is 14.1. The largest absolute Gasteiger partial charge is 0.388 e. The number of hydrogen-bond acceptors (Lipinski definition) is 1. The van der Waals surface area contributed by atoms with Crippen molar-refractivity contribution in [2.24, 2.45) is 5.92 Å². The molecule has 1 aromatic carbocycles. The van der Waals surface area contributed by atoms with Crippen molar-refractivity contribution >= 4 is 38.5 Å². The van der Waals surface area contributed by atoms with E-state index >= 15 is 0 Å². The summed E-state index contributed by atoms with van der Waals surface area (Å²) < 4.78 is 2.16. The first kappa shape index (κ1) is 13.5. The molecule has 0 aliphatic carbocycles. The number of rotatable bonds is 4. The summed E-state index contributed by atoms with van der Waals surface area (Å²) in [4.78, 5) is 0. The Morgan fingerprint density at radius 1 is 1.33 bits per heavy atom. The summed E-state index contributed by atoms with van der Waals surface area (Å²) in [6.45, 7) is 4.36. The van der Waals surface area contributed by atoms with Crippen LogP contribution in [0, 0.1) is 9.49 Å². The van der Waals surface area contributed by atoms with E-state index in [1.54, 1.807) is 0 Å². The molecule has 1 aromatic rings. The van der Waals surface area contributed by atoms with Gasteiger partial charge in [0.1, 0.15) is 0 Å². The van der Waals surface area contributed by atoms with E-state index in [0.717, 1.165) is 26.4 Å². The second kappa shape index (κ2) is 6.21. The monoisotopic (exact) mass is 382 g/mol. The van der Waals surface area contributed by atoms with Crippen LogP contribution in [0.3, 0.4) is 0 Å². The molecule has 0 radical (unpaired) electrons. The van der Waals surface area contributed by atoms with Crippen molar-refractivity contribution in [2.45, 2.75) is 32.8 Å². The smallest absolute Gasteiger partial charge is 0.0800 e. The molecule has 0 saturated heterocycles. The first-order valence-electron chi connectivity index (χ1n) is 5.13. The van der Waals surface area contributed by atoms with Gasteiger partial charge in [0.2, 0.25) is 0 Å². The predicted molar refractivity (Wildman–Crippen MR) is 75.9 cm³/mol. The average Bonchev–Trinajstić information content (AvgIpc) is 2.18. The third-order valence-corrected chi connectivity index (χ3v) is 3.81. The van der Waals surface area contributed by atoms with Gasteiger partial charge in [-0.15, -0.1) is 0 Å². The Morgan fingerprint density at radius 3 is 2.60 bits per heavy atom. The zero-order chi connectivity index (χ0) is 11.4. The van der Waals surface area contributed by atoms with Gasteiger partial charge in [0, 0.05) is 8.04 Å². The number of benzene rings is 1. The lowest BCUT2D eigenvalue weighted by molar-refractivity contribution is 0.158. The molecule has 0 bridgehead atoms. The van der Waals surface area contributed by atoms with Crippen LogP contribution >= 0.6 is 38.5 Å². The molecule has 1 unspecified atom stereocenters. The van der Waals surface area contributed by atoms with Crippen molar-refractivity contribution in [3.8, 4) is 0 Å². The third-order valence-electron chi connectivity index (χ3n) is 2.33. The Labute approximate surface area is 114 Å². The first-order chi connectivity index (χ1) is 7.00. The maximum atomic E-state index is 10.0. The fourth-order valence-corrected chi connectivity index (χ4v) is 2.49. The minimum atomic E-state index is -0.336. The molecule has 1 rings (SSSR count). The van der Waals surface area contributed by atoms with Crippen LogP contribution in [-0.2, 0) is 0 Å². The van der Waals surface area contributed by atoms with E-state index in [4.69, 9.17) is 0 Å². The first-order valence-corrected chi connectivity index (χ1v) is 7.01. The highest BCUT2D eigenvalue weighted by Crippen LogP contribution is 2.27. The summed E-state index contributed by atoms with van der Waals surface area (Å²) in [6, 6.07) is 6.03. The van der Waals surface area contributed by atoms with Crippen LogP contribution in [-0.4, -0.2) is 5.11 Å². The molecule has 0 saturated carbocycles. The van der Waals surface area contributed by atoms with E-state index in [0.29, 0.717) is 5.92 Å². The molecule has 0 aliphatic rings. The third kappa shape index (κ3) is 4.41. The topological polar surface area (TPSA) is 20.2 Å². The normalized spacial score (nSPS) is 13.2. The SMILES string of the molecule is CC(C)CCC(O)c1cc(Br)ccc1I. The maximum Gasteiger partial charge on any atom is 0.0800 e. The van der Waals surface area contributed by atoms with Crippen molar-refractivity contribution in [2.75, 3.05) is 0 Å². The summed E-state index contributed by atoms with van der Waals surface area (Å²) in [6.07, 6.45) is 1.56. The standard InChI is InChI=1S/C12H16BrIO/c1-8(2)3-6-12(15)10-7-9(13)4-5-11(10)14/h4-5,7-8,12,15H,3,6H2,1-2H3. The molecule has 15 heavy (non-hydrogen) atoms. The Morgan fingerprint density at radius 2 is 2.00 bits per heavy atom. The van der Waals surface area contributed by atoms with Crippen LogP contribution in [0.2, 0.25) is 0 Å². The van der Waals surface area contributed by atoms with Crippen LogP contribution in [0.1, 0.15) is 38.4 Å². The molecular weight excluding hydrogens is 367 g/mol. The number of hydrogen-bond donors (Lipinski definition) is 1. The summed E-state index contributed by atoms with van der Waals surface area (Å²) in [7, 11) is 0. The van der Waals surface area contributed by atoms with Gasteiger partial charge in [0.25, 0.3) is 0 Å². The molecule has 1 atom stereocenters. The van der Waals surface area contributed by atoms with Gasteiger partial charge in [-0.3, -0.25) is 0 Å². The van der Waals surface area contributed by atoms with Crippen molar-refractivity contribution in [1.82, 2.24) is 0 Å². The van der Waals surface area contributed by atoms with E-state index in [-0.39, 0.29) is 6.10 Å². The fourth-order valence-electron chi connectivity index (χ4n) is 1.42. The van der Waals surface area contributed by atoms with Gasteiger partial charge in [0.15, 0.2) is 0 Å². The van der Waals surface area contributed by atoms with Crippen LogP contribution in [0.4, 0.5) is 0 Å². The van der Waals surface area contributed by atoms with Crippen molar-refractivity contribution in [1.29, 1.82) is 0 Å². The minimum Gasteiger partial charge on any atom is -0.388 e. The molecule has 0 amide bonds. The molecule has 0 aromatic heterocycles. The van der Waals surface area contributed by atoms with Gasteiger partial charge < -0.3 is 5.11 Å². The van der Waals surface area contributed by atoms with E-state index in [9.17, 15) is 5.11 Å². The molecule has 1 nitrogen and oxygen atoms in total. The second-order valence-electron chi connectivity index (χ2n) is 4.15. The maximum absolute atomic E-state index is 10.0. The van der Waals surface area contributed by atoms with Crippen LogP contribution in [0.25, 0.3) is 0 Å². The number of halogens is 2. The lowest BCUT2D eigenvalue weighted by Gasteiger charge is -2.14. The molecule has 84 valence electrons. The highest BCUT2D eigenvalue weighted by Gasteiger charge is 2.12. The van der Waals surface area contributed by atoms with Gasteiger partial charge in [-0.2, -0.15) is 0 Å². The fraction of sp³-hybridized carbons (Fsp3) is 0.500. The molecule has 0 spiro atoms. The Kier molecular flexibility index (Phi) is 5.57. The van der Waals surface area contributed by atoms with Gasteiger partial charge >= 0.3 is 0 Å². The summed E-state index contributed by atoms with van der Waals surface area (Å²) >= 11 is 5.70. The van der Waals surface area contributed by atoms with Crippen molar-refractivity contribution in [3.05, 3.63) is 31.8 Å². The summed E-state index contributed by atoms with van der Waals surface area (Å²) in [5.74, 6) is 0.643. The second-order valence-corrected chi connectivity index (χ2v) is 6.23. The highest BCUT2D eigenvalue weighted by atomic mass is 127. The van der Waals surface area contributed by atoms with Gasteiger partial charge in [-0.05, 0) is 65.1 Å². The molecular formula is C12H16BrIO. The average molecular weight is 383 g/mol. The zero-order valence-electron chi connectivity index (χ0n) is 9.00. The van der Waals surface area contributed by atoms with Gasteiger partial charge in [-0.1, -0.05) is 29.8 Å². The van der Waals surface area contributed by atoms with Crippen molar-refractivity contribution < 1.29 is 5.11 Å². The predicted octanol–water partition coefficient (Wildman–Crippen LogP) is 4.52. The van der Waals surface area contributed by atoms with Crippen LogP contribution in [0.5, 0.6) is 0 Å². The van der Waals surface area contributed by atoms with Gasteiger partial charge in [-0.25, -0.2) is 0 Å². The molecule has 0 aliphatic heterocycles. The van der Waals surface area contributed by atoms with E-state index in [1.165, 1.54) is 0 Å². The van der Waals surface area contributed by atoms with E-state index in [1.807, 2.05) is 18.2 Å². The zero-order valence-corrected chi connectivity index (χ0v) is 12.7. The number of aliphatic hydroxyl groups is 1. The minimum absolute atomic E-state index is 0.336. The lowest BCUT2D eigenvalue weighted by Crippen LogP contribution is -2.02. The van der Waals surface area contributed by atoms with E-state index < -0.39 is 0 Å². The van der Waals surface area contributed by atoms with Crippen LogP contribution < -0.4 is 0 Å². The Bertz CT molecular complexity index is 325. The summed E-state index contributed by atoms with van der Waals surface area (Å²) in [5, 5.41) is 10.0. The van der Waals surface area contributed by atoms with E-state index in [2.05, 4.69) is 52.4 Å². The molecule has 0 heterocycles. The Hall–Kier alpha value is 0.390. The molecule has 0 fully saturated rings. The Balaban J connectivity index is 2.72. The summed E-state index contributed by atoms with van der Waals surface area (Å²) in [5.41, 5.74) is 1.03. The molecule has 1 N–H and O–H groups in total. The lowest BCUT2D eigenvalue weighted by atomic mass is 10.0. The molecule has 3 heteroatoms. The quantitative estimate of drug-likeness (QED) is 0.759. The van der Waals surface area contributed by atoms with Gasteiger partial charge in [0.05, 0.1) is 6.10 Å². The number of aliphatic hydroxyl groups excluding tert-OH is 1. The van der Waals surface area contributed by atoms with Crippen molar-refractivity contribution in [3.63, 3.8) is 0 Å².